The van der Waals surface area contributed by atoms with Gasteiger partial charge in [-0.15, -0.1) is 0 Å². The Hall–Kier alpha value is -2.60. The molecule has 2 aromatic heterocycles. The summed E-state index contributed by atoms with van der Waals surface area (Å²) in [4.78, 5) is 0. The van der Waals surface area contributed by atoms with Gasteiger partial charge in [0.1, 0.15) is 37.9 Å². The lowest BCUT2D eigenvalue weighted by molar-refractivity contribution is -0.695. The number of hydrogen-bond donors (Lipinski definition) is 0. The van der Waals surface area contributed by atoms with E-state index in [9.17, 15) is 0 Å². The third kappa shape index (κ3) is 6.26. The Balaban J connectivity index is 1.55. The molecule has 2 heterocycles. The van der Waals surface area contributed by atoms with Crippen LogP contribution >= 0.6 is 0 Å². The Morgan fingerprint density at radius 2 is 1.17 bits per heavy atom. The van der Waals surface area contributed by atoms with Gasteiger partial charge in [0.15, 0.2) is 0 Å². The largest absolute Gasteiger partial charge is 0.243 e. The first-order valence-corrected chi connectivity index (χ1v) is 8.65. The summed E-state index contributed by atoms with van der Waals surface area (Å²) in [5.41, 5.74) is 0. The van der Waals surface area contributed by atoms with Crippen molar-refractivity contribution in [1.29, 1.82) is 10.5 Å². The zero-order valence-corrected chi connectivity index (χ0v) is 14.2. The lowest BCUT2D eigenvalue weighted by Gasteiger charge is -1.99. The second-order valence-corrected chi connectivity index (χ2v) is 6.01. The minimum absolute atomic E-state index is 0.560. The number of rotatable bonds is 11. The number of unbranched alkanes of at least 4 members (excludes halogenated alkanes) is 3. The molecule has 126 valence electrons. The molecule has 0 bridgehead atoms. The summed E-state index contributed by atoms with van der Waals surface area (Å²) >= 11 is 0. The quantitative estimate of drug-likeness (QED) is 0.468. The van der Waals surface area contributed by atoms with Crippen molar-refractivity contribution in [2.75, 3.05) is 0 Å². The van der Waals surface area contributed by atoms with Crippen LogP contribution in [0, 0.1) is 22.7 Å². The van der Waals surface area contributed by atoms with Gasteiger partial charge in [-0.25, -0.2) is 18.3 Å². The van der Waals surface area contributed by atoms with Gasteiger partial charge in [0, 0.05) is 0 Å². The molecule has 0 saturated heterocycles. The Labute approximate surface area is 143 Å². The standard InChI is InChI=1S/C18H26N6/c19-7-5-11-23-15-13-21(17-23)9-3-1-2-4-10-22-14-16-24(18-22)12-6-8-20/h13-18H,1-6,9-12H2/q+2. The van der Waals surface area contributed by atoms with E-state index in [1.807, 2.05) is 12.4 Å². The van der Waals surface area contributed by atoms with Gasteiger partial charge in [-0.1, -0.05) is 0 Å². The van der Waals surface area contributed by atoms with Crippen LogP contribution in [-0.4, -0.2) is 9.13 Å². The fraction of sp³-hybridized carbons (Fsp3) is 0.556. The van der Waals surface area contributed by atoms with Gasteiger partial charge in [0.05, 0.1) is 38.1 Å². The van der Waals surface area contributed by atoms with Gasteiger partial charge in [-0.2, -0.15) is 10.5 Å². The van der Waals surface area contributed by atoms with Crippen molar-refractivity contribution in [3.63, 3.8) is 0 Å². The fourth-order valence-corrected chi connectivity index (χ4v) is 2.71. The van der Waals surface area contributed by atoms with Crippen LogP contribution < -0.4 is 9.13 Å². The molecule has 0 aliphatic rings. The molecular weight excluding hydrogens is 300 g/mol. The van der Waals surface area contributed by atoms with Crippen molar-refractivity contribution in [2.24, 2.45) is 0 Å². The van der Waals surface area contributed by atoms with Crippen molar-refractivity contribution in [3.05, 3.63) is 37.4 Å². The highest BCUT2D eigenvalue weighted by molar-refractivity contribution is 4.70. The van der Waals surface area contributed by atoms with Crippen LogP contribution in [-0.2, 0) is 26.2 Å². The number of nitriles is 2. The monoisotopic (exact) mass is 326 g/mol. The minimum Gasteiger partial charge on any atom is -0.237 e. The molecular formula is C18H26N6+2. The number of imidazole rings is 2. The third-order valence-electron chi connectivity index (χ3n) is 4.04. The molecule has 0 spiro atoms. The van der Waals surface area contributed by atoms with Crippen molar-refractivity contribution in [2.45, 2.75) is 64.7 Å². The fourth-order valence-electron chi connectivity index (χ4n) is 2.71. The minimum atomic E-state index is 0.560. The molecule has 0 amide bonds. The maximum atomic E-state index is 8.59. The highest BCUT2D eigenvalue weighted by atomic mass is 15.1. The van der Waals surface area contributed by atoms with Crippen LogP contribution in [0.3, 0.4) is 0 Å². The molecule has 24 heavy (non-hydrogen) atoms. The summed E-state index contributed by atoms with van der Waals surface area (Å²) in [6.07, 6.45) is 18.3. The Kier molecular flexibility index (Phi) is 7.56. The molecule has 0 saturated carbocycles. The zero-order valence-electron chi connectivity index (χ0n) is 14.2. The van der Waals surface area contributed by atoms with Crippen LogP contribution in [0.4, 0.5) is 0 Å². The maximum Gasteiger partial charge on any atom is 0.243 e. The first kappa shape index (κ1) is 17.7. The predicted molar refractivity (Wildman–Crippen MR) is 88.2 cm³/mol. The van der Waals surface area contributed by atoms with Gasteiger partial charge < -0.3 is 0 Å². The molecule has 0 N–H and O–H groups in total. The maximum absolute atomic E-state index is 8.59. The van der Waals surface area contributed by atoms with E-state index in [-0.39, 0.29) is 0 Å². The van der Waals surface area contributed by atoms with Crippen LogP contribution in [0.5, 0.6) is 0 Å². The van der Waals surface area contributed by atoms with Gasteiger partial charge in [0.25, 0.3) is 0 Å². The molecule has 0 aliphatic carbocycles. The molecule has 2 rings (SSSR count). The molecule has 6 heteroatoms. The highest BCUT2D eigenvalue weighted by Gasteiger charge is 2.04. The molecule has 0 aromatic carbocycles. The molecule has 0 aliphatic heterocycles. The topological polar surface area (TPSA) is 65.2 Å². The first-order chi connectivity index (χ1) is 11.8. The average molecular weight is 326 g/mol. The van der Waals surface area contributed by atoms with E-state index in [2.05, 4.69) is 55.5 Å². The summed E-state index contributed by atoms with van der Waals surface area (Å²) in [6, 6.07) is 4.34. The van der Waals surface area contributed by atoms with Gasteiger partial charge in [-0.05, 0) is 25.7 Å². The molecule has 0 atom stereocenters. The number of hydrogen-bond acceptors (Lipinski definition) is 2. The average Bonchev–Trinajstić information content (AvgIpc) is 3.23. The number of aryl methyl sites for hydroxylation is 4. The SMILES string of the molecule is N#CCC[n+]1ccn(CCCCCCn2cc[n+](CCC#N)c2)c1. The first-order valence-electron chi connectivity index (χ1n) is 8.65. The van der Waals surface area contributed by atoms with E-state index < -0.39 is 0 Å². The lowest BCUT2D eigenvalue weighted by atomic mass is 10.2. The molecule has 0 unspecified atom stereocenters. The van der Waals surface area contributed by atoms with Gasteiger partial charge in [0.2, 0.25) is 12.7 Å². The van der Waals surface area contributed by atoms with Crippen LogP contribution in [0.15, 0.2) is 37.4 Å². The van der Waals surface area contributed by atoms with E-state index in [0.717, 1.165) is 26.2 Å². The summed E-state index contributed by atoms with van der Waals surface area (Å²) in [5, 5.41) is 17.2. The number of aromatic nitrogens is 4. The Morgan fingerprint density at radius 1 is 0.708 bits per heavy atom. The van der Waals surface area contributed by atoms with E-state index >= 15 is 0 Å². The molecule has 0 radical (unpaired) electrons. The van der Waals surface area contributed by atoms with E-state index in [4.69, 9.17) is 10.5 Å². The normalized spacial score (nSPS) is 10.4. The van der Waals surface area contributed by atoms with E-state index in [0.29, 0.717) is 12.8 Å². The number of nitrogens with zero attached hydrogens (tertiary/aromatic N) is 6. The van der Waals surface area contributed by atoms with Crippen molar-refractivity contribution >= 4 is 0 Å². The second kappa shape index (κ2) is 10.2. The molecule has 0 fully saturated rings. The van der Waals surface area contributed by atoms with E-state index in [1.165, 1.54) is 25.7 Å². The smallest absolute Gasteiger partial charge is 0.237 e. The molecule has 6 nitrogen and oxygen atoms in total. The van der Waals surface area contributed by atoms with Crippen molar-refractivity contribution in [3.8, 4) is 12.1 Å². The predicted octanol–water partition coefficient (Wildman–Crippen LogP) is 1.95. The Morgan fingerprint density at radius 3 is 1.58 bits per heavy atom. The summed E-state index contributed by atoms with van der Waals surface area (Å²) < 4.78 is 8.52. The second-order valence-electron chi connectivity index (χ2n) is 6.01. The van der Waals surface area contributed by atoms with Crippen LogP contribution in [0.1, 0.15) is 38.5 Å². The van der Waals surface area contributed by atoms with Crippen molar-refractivity contribution < 1.29 is 9.13 Å². The van der Waals surface area contributed by atoms with E-state index in [1.54, 1.807) is 0 Å². The van der Waals surface area contributed by atoms with Crippen LogP contribution in [0.25, 0.3) is 0 Å². The lowest BCUT2D eigenvalue weighted by Crippen LogP contribution is -2.30. The zero-order chi connectivity index (χ0) is 17.0. The Bertz CT molecular complexity index is 625. The molecule has 2 aromatic rings. The highest BCUT2D eigenvalue weighted by Crippen LogP contribution is 2.04. The van der Waals surface area contributed by atoms with Gasteiger partial charge in [-0.3, -0.25) is 0 Å². The van der Waals surface area contributed by atoms with Crippen molar-refractivity contribution in [1.82, 2.24) is 9.13 Å². The van der Waals surface area contributed by atoms with Crippen LogP contribution in [0.2, 0.25) is 0 Å². The third-order valence-corrected chi connectivity index (χ3v) is 4.04. The summed E-state index contributed by atoms with van der Waals surface area (Å²) in [6.45, 7) is 3.62. The van der Waals surface area contributed by atoms with Gasteiger partial charge >= 0.3 is 0 Å². The summed E-state index contributed by atoms with van der Waals surface area (Å²) in [5.74, 6) is 0. The summed E-state index contributed by atoms with van der Waals surface area (Å²) in [7, 11) is 0.